The fourth-order valence-corrected chi connectivity index (χ4v) is 3.66. The molecule has 2 aromatic carbocycles. The SMILES string of the molecule is CCOC(=O)c1ccc(NC(=O)COc2c(C)cc(Br)cc2Br)cc1. The number of aryl methyl sites for hydroxylation is 1. The summed E-state index contributed by atoms with van der Waals surface area (Å²) in [5, 5.41) is 2.72. The molecule has 2 aromatic rings. The van der Waals surface area contributed by atoms with E-state index in [4.69, 9.17) is 9.47 Å². The number of nitrogens with one attached hydrogen (secondary N) is 1. The molecule has 132 valence electrons. The molecule has 0 heterocycles. The molecule has 0 atom stereocenters. The van der Waals surface area contributed by atoms with Gasteiger partial charge in [-0.25, -0.2) is 4.79 Å². The smallest absolute Gasteiger partial charge is 0.338 e. The highest BCUT2D eigenvalue weighted by Crippen LogP contribution is 2.32. The second kappa shape index (κ2) is 9.01. The Bertz CT molecular complexity index is 752. The Kier molecular flexibility index (Phi) is 7.01. The van der Waals surface area contributed by atoms with Crippen molar-refractivity contribution in [2.75, 3.05) is 18.5 Å². The summed E-state index contributed by atoms with van der Waals surface area (Å²) in [6.45, 7) is 3.84. The number of amides is 1. The Morgan fingerprint density at radius 2 is 1.80 bits per heavy atom. The van der Waals surface area contributed by atoms with Gasteiger partial charge in [0.1, 0.15) is 5.75 Å². The number of rotatable bonds is 6. The van der Waals surface area contributed by atoms with Crippen molar-refractivity contribution in [2.24, 2.45) is 0 Å². The largest absolute Gasteiger partial charge is 0.482 e. The summed E-state index contributed by atoms with van der Waals surface area (Å²) in [6.07, 6.45) is 0. The van der Waals surface area contributed by atoms with Crippen molar-refractivity contribution >= 4 is 49.4 Å². The van der Waals surface area contributed by atoms with Crippen LogP contribution in [0.2, 0.25) is 0 Å². The Morgan fingerprint density at radius 1 is 1.12 bits per heavy atom. The lowest BCUT2D eigenvalue weighted by Crippen LogP contribution is -2.20. The number of ether oxygens (including phenoxy) is 2. The first-order valence-corrected chi connectivity index (χ1v) is 9.14. The summed E-state index contributed by atoms with van der Waals surface area (Å²) in [5.74, 6) is -0.0617. The highest BCUT2D eigenvalue weighted by Gasteiger charge is 2.11. The fourth-order valence-electron chi connectivity index (χ4n) is 2.11. The summed E-state index contributed by atoms with van der Waals surface area (Å²) < 4.78 is 12.2. The molecule has 2 rings (SSSR count). The number of hydrogen-bond donors (Lipinski definition) is 1. The standard InChI is InChI=1S/C18H17Br2NO4/c1-3-24-18(23)12-4-6-14(7-5-12)21-16(22)10-25-17-11(2)8-13(19)9-15(17)20/h4-9H,3,10H2,1-2H3,(H,21,22). The first-order chi connectivity index (χ1) is 11.9. The maximum atomic E-state index is 12.0. The first kappa shape index (κ1) is 19.5. The van der Waals surface area contributed by atoms with Crippen LogP contribution >= 0.6 is 31.9 Å². The van der Waals surface area contributed by atoms with Crippen LogP contribution in [0.15, 0.2) is 45.3 Å². The Hall–Kier alpha value is -1.86. The topological polar surface area (TPSA) is 64.6 Å². The number of hydrogen-bond acceptors (Lipinski definition) is 4. The zero-order valence-electron chi connectivity index (χ0n) is 13.8. The van der Waals surface area contributed by atoms with Crippen molar-refractivity contribution in [3.8, 4) is 5.75 Å². The quantitative estimate of drug-likeness (QED) is 0.620. The van der Waals surface area contributed by atoms with E-state index < -0.39 is 0 Å². The van der Waals surface area contributed by atoms with Crippen molar-refractivity contribution in [3.05, 3.63) is 56.5 Å². The van der Waals surface area contributed by atoms with Gasteiger partial charge in [-0.2, -0.15) is 0 Å². The third kappa shape index (κ3) is 5.57. The number of benzene rings is 2. The van der Waals surface area contributed by atoms with Crippen LogP contribution in [0.5, 0.6) is 5.75 Å². The Balaban J connectivity index is 1.93. The van der Waals surface area contributed by atoms with Crippen LogP contribution in [0.4, 0.5) is 5.69 Å². The first-order valence-electron chi connectivity index (χ1n) is 7.56. The molecule has 0 aromatic heterocycles. The van der Waals surface area contributed by atoms with Gasteiger partial charge < -0.3 is 14.8 Å². The summed E-state index contributed by atoms with van der Waals surface area (Å²) in [5.41, 5.74) is 1.92. The Labute approximate surface area is 163 Å². The molecule has 1 amide bonds. The molecule has 25 heavy (non-hydrogen) atoms. The lowest BCUT2D eigenvalue weighted by atomic mass is 10.2. The van der Waals surface area contributed by atoms with Gasteiger partial charge in [0, 0.05) is 10.2 Å². The molecule has 0 saturated heterocycles. The van der Waals surface area contributed by atoms with E-state index in [1.165, 1.54) is 0 Å². The molecule has 0 fully saturated rings. The van der Waals surface area contributed by atoms with Crippen LogP contribution in [0, 0.1) is 6.92 Å². The molecule has 5 nitrogen and oxygen atoms in total. The minimum atomic E-state index is -0.390. The molecule has 1 N–H and O–H groups in total. The monoisotopic (exact) mass is 469 g/mol. The average Bonchev–Trinajstić information content (AvgIpc) is 2.54. The molecule has 0 bridgehead atoms. The molecule has 0 aliphatic heterocycles. The van der Waals surface area contributed by atoms with Crippen molar-refractivity contribution in [1.29, 1.82) is 0 Å². The third-order valence-electron chi connectivity index (χ3n) is 3.22. The summed E-state index contributed by atoms with van der Waals surface area (Å²) in [7, 11) is 0. The molecular weight excluding hydrogens is 454 g/mol. The second-order valence-corrected chi connectivity index (χ2v) is 6.94. The van der Waals surface area contributed by atoms with Gasteiger partial charge in [0.15, 0.2) is 6.61 Å². The maximum Gasteiger partial charge on any atom is 0.338 e. The molecule has 0 unspecified atom stereocenters. The van der Waals surface area contributed by atoms with Gasteiger partial charge in [-0.1, -0.05) is 15.9 Å². The van der Waals surface area contributed by atoms with E-state index in [1.807, 2.05) is 19.1 Å². The van der Waals surface area contributed by atoms with E-state index in [2.05, 4.69) is 37.2 Å². The predicted octanol–water partition coefficient (Wildman–Crippen LogP) is 4.71. The lowest BCUT2D eigenvalue weighted by Gasteiger charge is -2.12. The molecule has 0 saturated carbocycles. The second-order valence-electron chi connectivity index (χ2n) is 5.17. The van der Waals surface area contributed by atoms with E-state index in [0.717, 1.165) is 14.5 Å². The highest BCUT2D eigenvalue weighted by atomic mass is 79.9. The van der Waals surface area contributed by atoms with Crippen LogP contribution in [0.3, 0.4) is 0 Å². The van der Waals surface area contributed by atoms with Gasteiger partial charge in [-0.05, 0) is 71.7 Å². The van der Waals surface area contributed by atoms with Gasteiger partial charge >= 0.3 is 5.97 Å². The number of carbonyl (C=O) groups excluding carboxylic acids is 2. The van der Waals surface area contributed by atoms with Crippen LogP contribution in [0.1, 0.15) is 22.8 Å². The van der Waals surface area contributed by atoms with Crippen LogP contribution in [-0.2, 0) is 9.53 Å². The third-order valence-corrected chi connectivity index (χ3v) is 4.27. The molecule has 0 aliphatic carbocycles. The summed E-state index contributed by atoms with van der Waals surface area (Å²) in [4.78, 5) is 23.6. The molecule has 0 radical (unpaired) electrons. The molecular formula is C18H17Br2NO4. The lowest BCUT2D eigenvalue weighted by molar-refractivity contribution is -0.118. The van der Waals surface area contributed by atoms with Crippen molar-refractivity contribution in [2.45, 2.75) is 13.8 Å². The summed E-state index contributed by atoms with van der Waals surface area (Å²) in [6, 6.07) is 10.3. The van der Waals surface area contributed by atoms with Crippen molar-refractivity contribution < 1.29 is 19.1 Å². The fraction of sp³-hybridized carbons (Fsp3) is 0.222. The van der Waals surface area contributed by atoms with Crippen molar-refractivity contribution in [3.63, 3.8) is 0 Å². The van der Waals surface area contributed by atoms with Crippen molar-refractivity contribution in [1.82, 2.24) is 0 Å². The minimum absolute atomic E-state index is 0.124. The van der Waals surface area contributed by atoms with Gasteiger partial charge in [-0.15, -0.1) is 0 Å². The number of halogens is 2. The van der Waals surface area contributed by atoms with Crippen LogP contribution < -0.4 is 10.1 Å². The highest BCUT2D eigenvalue weighted by molar-refractivity contribution is 9.11. The van der Waals surface area contributed by atoms with Gasteiger partial charge in [-0.3, -0.25) is 4.79 Å². The van der Waals surface area contributed by atoms with Crippen LogP contribution in [0.25, 0.3) is 0 Å². The zero-order valence-corrected chi connectivity index (χ0v) is 16.9. The summed E-state index contributed by atoms with van der Waals surface area (Å²) >= 11 is 6.82. The predicted molar refractivity (Wildman–Crippen MR) is 103 cm³/mol. The average molecular weight is 471 g/mol. The van der Waals surface area contributed by atoms with E-state index in [1.54, 1.807) is 31.2 Å². The maximum absolute atomic E-state index is 12.0. The van der Waals surface area contributed by atoms with Gasteiger partial charge in [0.2, 0.25) is 0 Å². The minimum Gasteiger partial charge on any atom is -0.482 e. The van der Waals surface area contributed by atoms with E-state index in [-0.39, 0.29) is 18.5 Å². The number of carbonyl (C=O) groups is 2. The Morgan fingerprint density at radius 3 is 2.40 bits per heavy atom. The number of anilines is 1. The van der Waals surface area contributed by atoms with Crippen LogP contribution in [-0.4, -0.2) is 25.1 Å². The molecule has 0 aliphatic rings. The number of esters is 1. The van der Waals surface area contributed by atoms with E-state index >= 15 is 0 Å². The molecule has 0 spiro atoms. The normalized spacial score (nSPS) is 10.2. The zero-order chi connectivity index (χ0) is 18.4. The van der Waals surface area contributed by atoms with Gasteiger partial charge in [0.25, 0.3) is 5.91 Å². The van der Waals surface area contributed by atoms with Gasteiger partial charge in [0.05, 0.1) is 16.6 Å². The van der Waals surface area contributed by atoms with E-state index in [0.29, 0.717) is 23.6 Å². The van der Waals surface area contributed by atoms with E-state index in [9.17, 15) is 9.59 Å². The molecule has 7 heteroatoms.